The van der Waals surface area contributed by atoms with Crippen LogP contribution in [0.25, 0.3) is 0 Å². The predicted molar refractivity (Wildman–Crippen MR) is 69.7 cm³/mol. The van der Waals surface area contributed by atoms with Crippen LogP contribution in [0.15, 0.2) is 10.7 Å². The lowest BCUT2D eigenvalue weighted by molar-refractivity contribution is 0.578. The van der Waals surface area contributed by atoms with E-state index in [2.05, 4.69) is 36.5 Å². The van der Waals surface area contributed by atoms with Gasteiger partial charge < -0.3 is 10.6 Å². The van der Waals surface area contributed by atoms with E-state index in [4.69, 9.17) is 0 Å². The zero-order valence-corrected chi connectivity index (χ0v) is 11.0. The van der Waals surface area contributed by atoms with Crippen molar-refractivity contribution in [2.75, 3.05) is 24.2 Å². The van der Waals surface area contributed by atoms with Crippen LogP contribution in [0.3, 0.4) is 0 Å². The zero-order chi connectivity index (χ0) is 11.4. The summed E-state index contributed by atoms with van der Waals surface area (Å²) in [5, 5.41) is 6.33. The van der Waals surface area contributed by atoms with E-state index in [-0.39, 0.29) is 0 Å². The van der Waals surface area contributed by atoms with Crippen molar-refractivity contribution in [2.45, 2.75) is 25.7 Å². The monoisotopic (exact) mass is 284 g/mol. The molecule has 0 saturated heterocycles. The summed E-state index contributed by atoms with van der Waals surface area (Å²) in [6.07, 6.45) is 7.21. The molecule has 88 valence electrons. The van der Waals surface area contributed by atoms with Crippen LogP contribution < -0.4 is 10.6 Å². The highest BCUT2D eigenvalue weighted by Gasteiger charge is 2.15. The highest BCUT2D eigenvalue weighted by Crippen LogP contribution is 2.26. The van der Waals surface area contributed by atoms with Gasteiger partial charge in [-0.25, -0.2) is 4.98 Å². The van der Waals surface area contributed by atoms with Crippen molar-refractivity contribution in [1.82, 2.24) is 9.97 Å². The Morgan fingerprint density at radius 3 is 2.88 bits per heavy atom. The van der Waals surface area contributed by atoms with Crippen molar-refractivity contribution < 1.29 is 0 Å². The Balaban J connectivity index is 1.96. The number of anilines is 2. The number of rotatable bonds is 4. The number of aromatic nitrogens is 2. The first-order valence-electron chi connectivity index (χ1n) is 5.73. The van der Waals surface area contributed by atoms with Crippen LogP contribution in [0.5, 0.6) is 0 Å². The van der Waals surface area contributed by atoms with Crippen LogP contribution in [-0.2, 0) is 0 Å². The highest BCUT2D eigenvalue weighted by molar-refractivity contribution is 9.10. The molecule has 1 aromatic heterocycles. The van der Waals surface area contributed by atoms with Crippen LogP contribution in [-0.4, -0.2) is 23.6 Å². The third kappa shape index (κ3) is 2.84. The SMILES string of the molecule is CNc1ncc(Br)c(NCC2CCCC2)n1. The molecule has 1 aliphatic rings. The minimum atomic E-state index is 0.650. The van der Waals surface area contributed by atoms with Crippen LogP contribution in [0.4, 0.5) is 11.8 Å². The second-order valence-electron chi connectivity index (χ2n) is 4.17. The Labute approximate surface area is 104 Å². The van der Waals surface area contributed by atoms with E-state index in [1.165, 1.54) is 25.7 Å². The van der Waals surface area contributed by atoms with Gasteiger partial charge in [-0.3, -0.25) is 0 Å². The van der Waals surface area contributed by atoms with E-state index in [1.807, 2.05) is 7.05 Å². The van der Waals surface area contributed by atoms with E-state index in [9.17, 15) is 0 Å². The molecule has 0 aromatic carbocycles. The van der Waals surface area contributed by atoms with Crippen molar-refractivity contribution in [3.8, 4) is 0 Å². The summed E-state index contributed by atoms with van der Waals surface area (Å²) < 4.78 is 0.921. The second-order valence-corrected chi connectivity index (χ2v) is 5.03. The van der Waals surface area contributed by atoms with Crippen molar-refractivity contribution in [3.05, 3.63) is 10.7 Å². The first kappa shape index (κ1) is 11.6. The molecule has 0 unspecified atom stereocenters. The molecule has 0 bridgehead atoms. The van der Waals surface area contributed by atoms with Gasteiger partial charge in [0.2, 0.25) is 5.95 Å². The molecule has 2 rings (SSSR count). The smallest absolute Gasteiger partial charge is 0.224 e. The molecule has 5 heteroatoms. The summed E-state index contributed by atoms with van der Waals surface area (Å²) >= 11 is 3.45. The summed E-state index contributed by atoms with van der Waals surface area (Å²) in [4.78, 5) is 8.50. The Kier molecular flexibility index (Phi) is 3.98. The lowest BCUT2D eigenvalue weighted by atomic mass is 10.1. The van der Waals surface area contributed by atoms with Crippen molar-refractivity contribution in [2.24, 2.45) is 5.92 Å². The third-order valence-electron chi connectivity index (χ3n) is 3.00. The van der Waals surface area contributed by atoms with E-state index in [1.54, 1.807) is 6.20 Å². The van der Waals surface area contributed by atoms with Gasteiger partial charge in [0.25, 0.3) is 0 Å². The molecule has 1 heterocycles. The third-order valence-corrected chi connectivity index (χ3v) is 3.58. The second kappa shape index (κ2) is 5.48. The van der Waals surface area contributed by atoms with Crippen LogP contribution in [0.2, 0.25) is 0 Å². The Morgan fingerprint density at radius 2 is 2.19 bits per heavy atom. The fraction of sp³-hybridized carbons (Fsp3) is 0.636. The number of hydrogen-bond acceptors (Lipinski definition) is 4. The Morgan fingerprint density at radius 1 is 1.44 bits per heavy atom. The maximum absolute atomic E-state index is 4.37. The molecule has 0 aliphatic heterocycles. The Bertz CT molecular complexity index is 350. The topological polar surface area (TPSA) is 49.8 Å². The molecule has 1 aliphatic carbocycles. The van der Waals surface area contributed by atoms with Crippen LogP contribution >= 0.6 is 15.9 Å². The van der Waals surface area contributed by atoms with Gasteiger partial charge in [0.05, 0.1) is 4.47 Å². The van der Waals surface area contributed by atoms with Crippen molar-refractivity contribution in [3.63, 3.8) is 0 Å². The van der Waals surface area contributed by atoms with Crippen LogP contribution in [0.1, 0.15) is 25.7 Å². The fourth-order valence-electron chi connectivity index (χ4n) is 2.07. The van der Waals surface area contributed by atoms with Gasteiger partial charge in [-0.1, -0.05) is 12.8 Å². The number of nitrogens with one attached hydrogen (secondary N) is 2. The molecule has 0 atom stereocenters. The molecule has 0 amide bonds. The maximum atomic E-state index is 4.37. The van der Waals surface area contributed by atoms with Gasteiger partial charge in [0.1, 0.15) is 5.82 Å². The van der Waals surface area contributed by atoms with Gasteiger partial charge in [-0.2, -0.15) is 4.98 Å². The summed E-state index contributed by atoms with van der Waals surface area (Å²) in [6, 6.07) is 0. The van der Waals surface area contributed by atoms with E-state index in [0.29, 0.717) is 5.95 Å². The molecule has 4 nitrogen and oxygen atoms in total. The van der Waals surface area contributed by atoms with E-state index in [0.717, 1.165) is 22.8 Å². The summed E-state index contributed by atoms with van der Waals surface area (Å²) in [7, 11) is 1.82. The molecule has 16 heavy (non-hydrogen) atoms. The maximum Gasteiger partial charge on any atom is 0.224 e. The standard InChI is InChI=1S/C11H17BrN4/c1-13-11-15-7-9(12)10(16-11)14-6-8-4-2-3-5-8/h7-8H,2-6H2,1H3,(H2,13,14,15,16). The largest absolute Gasteiger partial charge is 0.369 e. The molecular formula is C11H17BrN4. The van der Waals surface area contributed by atoms with Gasteiger partial charge in [0.15, 0.2) is 0 Å². The van der Waals surface area contributed by atoms with Crippen molar-refractivity contribution in [1.29, 1.82) is 0 Å². The van der Waals surface area contributed by atoms with Crippen LogP contribution in [0, 0.1) is 5.92 Å². The lowest BCUT2D eigenvalue weighted by Crippen LogP contribution is -2.13. The normalized spacial score (nSPS) is 16.4. The average molecular weight is 285 g/mol. The molecular weight excluding hydrogens is 268 g/mol. The number of halogens is 1. The molecule has 1 fully saturated rings. The zero-order valence-electron chi connectivity index (χ0n) is 9.46. The minimum absolute atomic E-state index is 0.650. The molecule has 1 saturated carbocycles. The fourth-order valence-corrected chi connectivity index (χ4v) is 2.40. The summed E-state index contributed by atoms with van der Waals surface area (Å²) in [5.74, 6) is 2.34. The number of nitrogens with zero attached hydrogens (tertiary/aromatic N) is 2. The number of hydrogen-bond donors (Lipinski definition) is 2. The minimum Gasteiger partial charge on any atom is -0.369 e. The quantitative estimate of drug-likeness (QED) is 0.893. The molecule has 2 N–H and O–H groups in total. The first-order valence-corrected chi connectivity index (χ1v) is 6.53. The molecule has 0 radical (unpaired) electrons. The van der Waals surface area contributed by atoms with E-state index >= 15 is 0 Å². The van der Waals surface area contributed by atoms with Crippen molar-refractivity contribution >= 4 is 27.7 Å². The van der Waals surface area contributed by atoms with Gasteiger partial charge in [0, 0.05) is 19.8 Å². The molecule has 0 spiro atoms. The average Bonchev–Trinajstić information content (AvgIpc) is 2.81. The van der Waals surface area contributed by atoms with Gasteiger partial charge >= 0.3 is 0 Å². The van der Waals surface area contributed by atoms with E-state index < -0.39 is 0 Å². The predicted octanol–water partition coefficient (Wildman–Crippen LogP) is 2.88. The lowest BCUT2D eigenvalue weighted by Gasteiger charge is -2.12. The molecule has 1 aromatic rings. The highest BCUT2D eigenvalue weighted by atomic mass is 79.9. The summed E-state index contributed by atoms with van der Waals surface area (Å²) in [6.45, 7) is 1.01. The van der Waals surface area contributed by atoms with Gasteiger partial charge in [-0.15, -0.1) is 0 Å². The van der Waals surface area contributed by atoms with Gasteiger partial charge in [-0.05, 0) is 34.7 Å². The summed E-state index contributed by atoms with van der Waals surface area (Å²) in [5.41, 5.74) is 0. The first-order chi connectivity index (χ1) is 7.79. The Hall–Kier alpha value is -0.840.